The van der Waals surface area contributed by atoms with Crippen molar-refractivity contribution in [1.82, 2.24) is 0 Å². The molecule has 3 N–H and O–H groups in total. The van der Waals surface area contributed by atoms with Crippen LogP contribution in [-0.4, -0.2) is 43.0 Å². The Kier molecular flexibility index (Phi) is 10.1. The van der Waals surface area contributed by atoms with Crippen molar-refractivity contribution in [2.45, 2.75) is 51.7 Å². The minimum atomic E-state index is -0.838. The van der Waals surface area contributed by atoms with Crippen LogP contribution in [0.25, 0.3) is 0 Å². The molecule has 2 atom stereocenters. The second-order valence-corrected chi connectivity index (χ2v) is 3.99. The first kappa shape index (κ1) is 16.4. The van der Waals surface area contributed by atoms with Crippen LogP contribution < -0.4 is 5.73 Å². The molecule has 0 heterocycles. The number of carbonyl (C=O) groups is 1. The van der Waals surface area contributed by atoms with E-state index < -0.39 is 5.97 Å². The van der Waals surface area contributed by atoms with Gasteiger partial charge in [-0.2, -0.15) is 0 Å². The molecular weight excluding hydrogens is 222 g/mol. The largest absolute Gasteiger partial charge is 0.481 e. The van der Waals surface area contributed by atoms with Crippen molar-refractivity contribution in [2.75, 3.05) is 19.8 Å². The highest BCUT2D eigenvalue weighted by atomic mass is 16.5. The summed E-state index contributed by atoms with van der Waals surface area (Å²) in [5, 5.41) is 8.50. The topological polar surface area (TPSA) is 81.8 Å². The van der Waals surface area contributed by atoms with Gasteiger partial charge >= 0.3 is 5.97 Å². The molecule has 0 aromatic heterocycles. The van der Waals surface area contributed by atoms with E-state index in [0.717, 1.165) is 19.3 Å². The second kappa shape index (κ2) is 10.5. The van der Waals surface area contributed by atoms with Gasteiger partial charge in [0, 0.05) is 0 Å². The van der Waals surface area contributed by atoms with Crippen LogP contribution >= 0.6 is 0 Å². The van der Waals surface area contributed by atoms with Crippen molar-refractivity contribution in [2.24, 2.45) is 5.73 Å². The summed E-state index contributed by atoms with van der Waals surface area (Å²) >= 11 is 0. The lowest BCUT2D eigenvalue weighted by atomic mass is 10.2. The van der Waals surface area contributed by atoms with E-state index in [2.05, 4.69) is 6.92 Å². The SMILES string of the molecule is CCC(CCN)OCC(CC)OCCC(=O)O. The third kappa shape index (κ3) is 9.09. The Bertz CT molecular complexity index is 199. The molecule has 0 spiro atoms. The van der Waals surface area contributed by atoms with E-state index >= 15 is 0 Å². The van der Waals surface area contributed by atoms with Crippen LogP contribution in [0.4, 0.5) is 0 Å². The normalized spacial score (nSPS) is 14.5. The molecule has 0 aliphatic carbocycles. The van der Waals surface area contributed by atoms with Crippen molar-refractivity contribution in [3.05, 3.63) is 0 Å². The van der Waals surface area contributed by atoms with Crippen molar-refractivity contribution >= 4 is 5.97 Å². The molecule has 0 fully saturated rings. The molecule has 0 bridgehead atoms. The molecule has 0 radical (unpaired) electrons. The summed E-state index contributed by atoms with van der Waals surface area (Å²) < 4.78 is 11.1. The van der Waals surface area contributed by atoms with E-state index in [9.17, 15) is 4.79 Å². The zero-order valence-corrected chi connectivity index (χ0v) is 10.9. The quantitative estimate of drug-likeness (QED) is 0.576. The summed E-state index contributed by atoms with van der Waals surface area (Å²) in [5.74, 6) is -0.838. The summed E-state index contributed by atoms with van der Waals surface area (Å²) in [7, 11) is 0. The minimum Gasteiger partial charge on any atom is -0.481 e. The third-order valence-electron chi connectivity index (χ3n) is 2.59. The Morgan fingerprint density at radius 3 is 2.35 bits per heavy atom. The molecule has 5 heteroatoms. The lowest BCUT2D eigenvalue weighted by Crippen LogP contribution is -2.26. The summed E-state index contributed by atoms with van der Waals surface area (Å²) in [5.41, 5.74) is 5.48. The molecular formula is C12H25NO4. The first-order chi connectivity index (χ1) is 8.13. The zero-order chi connectivity index (χ0) is 13.1. The van der Waals surface area contributed by atoms with Gasteiger partial charge in [-0.05, 0) is 25.8 Å². The third-order valence-corrected chi connectivity index (χ3v) is 2.59. The Hall–Kier alpha value is -0.650. The Balaban J connectivity index is 3.75. The zero-order valence-electron chi connectivity index (χ0n) is 10.9. The predicted octanol–water partition coefficient (Wildman–Crippen LogP) is 1.40. The highest BCUT2D eigenvalue weighted by Gasteiger charge is 2.12. The van der Waals surface area contributed by atoms with Crippen LogP contribution in [0.15, 0.2) is 0 Å². The monoisotopic (exact) mass is 247 g/mol. The second-order valence-electron chi connectivity index (χ2n) is 3.99. The van der Waals surface area contributed by atoms with Crippen LogP contribution in [0.1, 0.15) is 39.5 Å². The van der Waals surface area contributed by atoms with Gasteiger partial charge in [-0.3, -0.25) is 4.79 Å². The summed E-state index contributed by atoms with van der Waals surface area (Å²) in [4.78, 5) is 10.3. The number of ether oxygens (including phenoxy) is 2. The number of nitrogens with two attached hydrogens (primary N) is 1. The van der Waals surface area contributed by atoms with Crippen molar-refractivity contribution in [3.63, 3.8) is 0 Å². The molecule has 0 aliphatic rings. The van der Waals surface area contributed by atoms with Gasteiger partial charge in [0.2, 0.25) is 0 Å². The standard InChI is InChI=1S/C12H25NO4/c1-3-10(5-7-13)17-9-11(4-2)16-8-6-12(14)15/h10-11H,3-9,13H2,1-2H3,(H,14,15). The fourth-order valence-corrected chi connectivity index (χ4v) is 1.43. The van der Waals surface area contributed by atoms with Gasteiger partial charge in [0.05, 0.1) is 31.8 Å². The van der Waals surface area contributed by atoms with E-state index in [4.69, 9.17) is 20.3 Å². The molecule has 102 valence electrons. The van der Waals surface area contributed by atoms with Gasteiger partial charge in [0.25, 0.3) is 0 Å². The lowest BCUT2D eigenvalue weighted by Gasteiger charge is -2.20. The van der Waals surface area contributed by atoms with E-state index in [1.54, 1.807) is 0 Å². The number of rotatable bonds is 11. The molecule has 0 amide bonds. The van der Waals surface area contributed by atoms with E-state index in [-0.39, 0.29) is 25.2 Å². The molecule has 0 saturated carbocycles. The highest BCUT2D eigenvalue weighted by molar-refractivity contribution is 5.66. The van der Waals surface area contributed by atoms with Crippen LogP contribution in [-0.2, 0) is 14.3 Å². The predicted molar refractivity (Wildman–Crippen MR) is 66.0 cm³/mol. The van der Waals surface area contributed by atoms with Gasteiger partial charge in [-0.15, -0.1) is 0 Å². The van der Waals surface area contributed by atoms with Crippen molar-refractivity contribution in [1.29, 1.82) is 0 Å². The highest BCUT2D eigenvalue weighted by Crippen LogP contribution is 2.07. The maximum atomic E-state index is 10.3. The van der Waals surface area contributed by atoms with Gasteiger partial charge in [-0.1, -0.05) is 13.8 Å². The first-order valence-corrected chi connectivity index (χ1v) is 6.29. The van der Waals surface area contributed by atoms with Gasteiger partial charge in [0.15, 0.2) is 0 Å². The first-order valence-electron chi connectivity index (χ1n) is 6.29. The van der Waals surface area contributed by atoms with Crippen LogP contribution in [0, 0.1) is 0 Å². The number of carboxylic acids is 1. The maximum absolute atomic E-state index is 10.3. The van der Waals surface area contributed by atoms with Crippen LogP contribution in [0.5, 0.6) is 0 Å². The van der Waals surface area contributed by atoms with E-state index in [1.807, 2.05) is 6.92 Å². The number of carboxylic acid groups (broad SMARTS) is 1. The molecule has 5 nitrogen and oxygen atoms in total. The summed E-state index contributed by atoms with van der Waals surface area (Å²) in [6.45, 7) is 5.43. The maximum Gasteiger partial charge on any atom is 0.305 e. The average Bonchev–Trinajstić information content (AvgIpc) is 2.31. The number of aliphatic carboxylic acids is 1. The van der Waals surface area contributed by atoms with Crippen LogP contribution in [0.2, 0.25) is 0 Å². The van der Waals surface area contributed by atoms with E-state index in [0.29, 0.717) is 13.2 Å². The Labute approximate surface area is 103 Å². The Morgan fingerprint density at radius 1 is 1.24 bits per heavy atom. The molecule has 0 rings (SSSR count). The minimum absolute atomic E-state index is 0.0267. The average molecular weight is 247 g/mol. The van der Waals surface area contributed by atoms with Gasteiger partial charge < -0.3 is 20.3 Å². The smallest absolute Gasteiger partial charge is 0.305 e. The summed E-state index contributed by atoms with van der Waals surface area (Å²) in [6, 6.07) is 0. The van der Waals surface area contributed by atoms with Crippen LogP contribution in [0.3, 0.4) is 0 Å². The van der Waals surface area contributed by atoms with E-state index in [1.165, 1.54) is 0 Å². The lowest BCUT2D eigenvalue weighted by molar-refractivity contribution is -0.139. The fraction of sp³-hybridized carbons (Fsp3) is 0.917. The number of hydrogen-bond acceptors (Lipinski definition) is 4. The molecule has 0 aromatic rings. The van der Waals surface area contributed by atoms with Crippen molar-refractivity contribution in [3.8, 4) is 0 Å². The Morgan fingerprint density at radius 2 is 1.88 bits per heavy atom. The van der Waals surface area contributed by atoms with Gasteiger partial charge in [0.1, 0.15) is 0 Å². The molecule has 0 aromatic carbocycles. The molecule has 2 unspecified atom stereocenters. The molecule has 17 heavy (non-hydrogen) atoms. The van der Waals surface area contributed by atoms with Gasteiger partial charge in [-0.25, -0.2) is 0 Å². The number of hydrogen-bond donors (Lipinski definition) is 2. The summed E-state index contributed by atoms with van der Waals surface area (Å²) in [6.07, 6.45) is 2.79. The molecule has 0 saturated heterocycles. The fourth-order valence-electron chi connectivity index (χ4n) is 1.43. The van der Waals surface area contributed by atoms with Crippen molar-refractivity contribution < 1.29 is 19.4 Å². The molecule has 0 aliphatic heterocycles.